The highest BCUT2D eigenvalue weighted by atomic mass is 16.5. The lowest BCUT2D eigenvalue weighted by molar-refractivity contribution is 0.360. The van der Waals surface area contributed by atoms with Gasteiger partial charge in [0.25, 0.3) is 5.89 Å². The molecule has 3 heterocycles. The average molecular weight is 244 g/mol. The van der Waals surface area contributed by atoms with Crippen molar-refractivity contribution in [2.24, 2.45) is 5.92 Å². The lowest BCUT2D eigenvalue weighted by atomic mass is 9.96. The first-order valence-electron chi connectivity index (χ1n) is 6.35. The minimum Gasteiger partial charge on any atom is -0.334 e. The Bertz CT molecular complexity index is 491. The van der Waals surface area contributed by atoms with Gasteiger partial charge in [0, 0.05) is 18.8 Å². The Labute approximate surface area is 106 Å². The van der Waals surface area contributed by atoms with Crippen molar-refractivity contribution in [1.29, 1.82) is 0 Å². The molecular formula is C13H16N4O. The molecule has 1 saturated heterocycles. The molecule has 0 amide bonds. The Kier molecular flexibility index (Phi) is 3.32. The molecule has 1 fully saturated rings. The summed E-state index contributed by atoms with van der Waals surface area (Å²) in [4.78, 5) is 8.48. The maximum Gasteiger partial charge on any atom is 0.259 e. The molecule has 5 nitrogen and oxygen atoms in total. The van der Waals surface area contributed by atoms with Crippen molar-refractivity contribution in [2.75, 3.05) is 13.1 Å². The van der Waals surface area contributed by atoms with E-state index in [1.165, 1.54) is 12.8 Å². The lowest BCUT2D eigenvalue weighted by Gasteiger charge is -2.20. The van der Waals surface area contributed by atoms with Crippen molar-refractivity contribution < 1.29 is 4.52 Å². The molecule has 0 radical (unpaired) electrons. The number of piperidine rings is 1. The van der Waals surface area contributed by atoms with Crippen LogP contribution in [0.15, 0.2) is 29.0 Å². The molecule has 1 N–H and O–H groups in total. The highest BCUT2D eigenvalue weighted by Gasteiger charge is 2.17. The Morgan fingerprint density at radius 1 is 1.44 bits per heavy atom. The molecule has 2 aromatic heterocycles. The molecule has 5 heteroatoms. The fraction of sp³-hybridized carbons (Fsp3) is 0.462. The lowest BCUT2D eigenvalue weighted by Crippen LogP contribution is -2.31. The summed E-state index contributed by atoms with van der Waals surface area (Å²) >= 11 is 0. The normalized spacial score (nSPS) is 19.9. The molecule has 0 bridgehead atoms. The molecule has 0 saturated carbocycles. The standard InChI is InChI=1S/C13H16N4O/c1-3-10(8-14-5-1)7-12-16-13(18-17-12)11-4-2-6-15-9-11/h2,4,6,9-10,14H,1,3,5,7-8H2. The Hall–Kier alpha value is -1.75. The van der Waals surface area contributed by atoms with E-state index < -0.39 is 0 Å². The smallest absolute Gasteiger partial charge is 0.259 e. The minimum atomic E-state index is 0.557. The van der Waals surface area contributed by atoms with Crippen molar-refractivity contribution in [1.82, 2.24) is 20.4 Å². The zero-order chi connectivity index (χ0) is 12.2. The van der Waals surface area contributed by atoms with Crippen LogP contribution in [0.1, 0.15) is 18.7 Å². The second-order valence-electron chi connectivity index (χ2n) is 4.67. The zero-order valence-corrected chi connectivity index (χ0v) is 10.2. The fourth-order valence-electron chi connectivity index (χ4n) is 2.30. The van der Waals surface area contributed by atoms with Crippen LogP contribution in [0.2, 0.25) is 0 Å². The van der Waals surface area contributed by atoms with E-state index in [-0.39, 0.29) is 0 Å². The van der Waals surface area contributed by atoms with Gasteiger partial charge >= 0.3 is 0 Å². The van der Waals surface area contributed by atoms with Gasteiger partial charge in [-0.1, -0.05) is 5.16 Å². The average Bonchev–Trinajstić information content (AvgIpc) is 2.89. The Morgan fingerprint density at radius 2 is 2.44 bits per heavy atom. The minimum absolute atomic E-state index is 0.557. The van der Waals surface area contributed by atoms with Gasteiger partial charge in [-0.3, -0.25) is 4.98 Å². The quantitative estimate of drug-likeness (QED) is 0.889. The van der Waals surface area contributed by atoms with Crippen LogP contribution in [0.3, 0.4) is 0 Å². The van der Waals surface area contributed by atoms with Crippen LogP contribution in [0.25, 0.3) is 11.5 Å². The van der Waals surface area contributed by atoms with E-state index in [1.807, 2.05) is 12.1 Å². The van der Waals surface area contributed by atoms with Crippen molar-refractivity contribution in [3.05, 3.63) is 30.4 Å². The molecule has 94 valence electrons. The van der Waals surface area contributed by atoms with Crippen LogP contribution >= 0.6 is 0 Å². The molecule has 0 aliphatic carbocycles. The maximum absolute atomic E-state index is 5.27. The van der Waals surface area contributed by atoms with Gasteiger partial charge in [-0.15, -0.1) is 0 Å². The van der Waals surface area contributed by atoms with Crippen molar-refractivity contribution >= 4 is 0 Å². The Balaban J connectivity index is 1.69. The number of hydrogen-bond donors (Lipinski definition) is 1. The predicted octanol–water partition coefficient (Wildman–Crippen LogP) is 1.67. The topological polar surface area (TPSA) is 63.8 Å². The highest BCUT2D eigenvalue weighted by molar-refractivity contribution is 5.50. The summed E-state index contributed by atoms with van der Waals surface area (Å²) < 4.78 is 5.27. The SMILES string of the molecule is c1cncc(-c2nc(CC3CCCNC3)no2)c1. The molecule has 1 aliphatic heterocycles. The summed E-state index contributed by atoms with van der Waals surface area (Å²) in [6.07, 6.45) is 6.83. The third-order valence-electron chi connectivity index (χ3n) is 3.25. The summed E-state index contributed by atoms with van der Waals surface area (Å²) in [5.74, 6) is 1.97. The third kappa shape index (κ3) is 2.56. The fourth-order valence-corrected chi connectivity index (χ4v) is 2.30. The molecule has 1 atom stereocenters. The zero-order valence-electron chi connectivity index (χ0n) is 10.2. The van der Waals surface area contributed by atoms with Gasteiger partial charge in [-0.2, -0.15) is 4.98 Å². The van der Waals surface area contributed by atoms with Gasteiger partial charge in [0.2, 0.25) is 0 Å². The number of rotatable bonds is 3. The highest BCUT2D eigenvalue weighted by Crippen LogP contribution is 2.18. The van der Waals surface area contributed by atoms with Crippen LogP contribution in [-0.2, 0) is 6.42 Å². The van der Waals surface area contributed by atoms with E-state index in [0.717, 1.165) is 30.9 Å². The molecule has 0 aromatic carbocycles. The second-order valence-corrected chi connectivity index (χ2v) is 4.67. The second kappa shape index (κ2) is 5.27. The van der Waals surface area contributed by atoms with E-state index in [9.17, 15) is 0 Å². The van der Waals surface area contributed by atoms with E-state index >= 15 is 0 Å². The van der Waals surface area contributed by atoms with Crippen LogP contribution in [0.5, 0.6) is 0 Å². The molecule has 0 spiro atoms. The third-order valence-corrected chi connectivity index (χ3v) is 3.25. The monoisotopic (exact) mass is 244 g/mol. The van der Waals surface area contributed by atoms with Gasteiger partial charge < -0.3 is 9.84 Å². The van der Waals surface area contributed by atoms with Crippen LogP contribution in [0.4, 0.5) is 0 Å². The summed E-state index contributed by atoms with van der Waals surface area (Å²) in [6, 6.07) is 3.79. The van der Waals surface area contributed by atoms with E-state index in [2.05, 4.69) is 20.4 Å². The summed E-state index contributed by atoms with van der Waals surface area (Å²) in [7, 11) is 0. The summed E-state index contributed by atoms with van der Waals surface area (Å²) in [5.41, 5.74) is 0.873. The largest absolute Gasteiger partial charge is 0.334 e. The maximum atomic E-state index is 5.27. The molecular weight excluding hydrogens is 228 g/mol. The van der Waals surface area contributed by atoms with Crippen molar-refractivity contribution in [3.63, 3.8) is 0 Å². The summed E-state index contributed by atoms with van der Waals surface area (Å²) in [5, 5.41) is 7.44. The number of nitrogens with one attached hydrogen (secondary N) is 1. The molecule has 18 heavy (non-hydrogen) atoms. The predicted molar refractivity (Wildman–Crippen MR) is 66.8 cm³/mol. The summed E-state index contributed by atoms with van der Waals surface area (Å²) in [6.45, 7) is 2.18. The van der Waals surface area contributed by atoms with Crippen molar-refractivity contribution in [3.8, 4) is 11.5 Å². The van der Waals surface area contributed by atoms with E-state index in [4.69, 9.17) is 4.52 Å². The number of aromatic nitrogens is 3. The van der Waals surface area contributed by atoms with Gasteiger partial charge in [0.05, 0.1) is 5.56 Å². The molecule has 1 unspecified atom stereocenters. The van der Waals surface area contributed by atoms with Crippen LogP contribution < -0.4 is 5.32 Å². The Morgan fingerprint density at radius 3 is 3.22 bits per heavy atom. The first-order chi connectivity index (χ1) is 8.92. The van der Waals surface area contributed by atoms with Gasteiger partial charge in [-0.05, 0) is 44.0 Å². The van der Waals surface area contributed by atoms with Crippen molar-refractivity contribution in [2.45, 2.75) is 19.3 Å². The van der Waals surface area contributed by atoms with Crippen LogP contribution in [-0.4, -0.2) is 28.2 Å². The van der Waals surface area contributed by atoms with Gasteiger partial charge in [0.15, 0.2) is 5.82 Å². The van der Waals surface area contributed by atoms with Crippen LogP contribution in [0, 0.1) is 5.92 Å². The number of hydrogen-bond acceptors (Lipinski definition) is 5. The van der Waals surface area contributed by atoms with Gasteiger partial charge in [-0.25, -0.2) is 0 Å². The van der Waals surface area contributed by atoms with Gasteiger partial charge in [0.1, 0.15) is 0 Å². The molecule has 1 aliphatic rings. The first-order valence-corrected chi connectivity index (χ1v) is 6.35. The molecule has 3 rings (SSSR count). The number of nitrogens with zero attached hydrogens (tertiary/aromatic N) is 3. The number of pyridine rings is 1. The molecule has 2 aromatic rings. The van der Waals surface area contributed by atoms with E-state index in [0.29, 0.717) is 11.8 Å². The van der Waals surface area contributed by atoms with E-state index in [1.54, 1.807) is 12.4 Å². The first kappa shape index (κ1) is 11.3.